The average Bonchev–Trinajstić information content (AvgIpc) is 3.41. The number of aromatic amines is 1. The van der Waals surface area contributed by atoms with E-state index < -0.39 is 0 Å². The van der Waals surface area contributed by atoms with Crippen LogP contribution in [0.1, 0.15) is 29.9 Å². The second-order valence-electron chi connectivity index (χ2n) is 6.81. The van der Waals surface area contributed by atoms with Crippen molar-refractivity contribution in [3.05, 3.63) is 66.3 Å². The number of hydrogen-bond acceptors (Lipinski definition) is 5. The van der Waals surface area contributed by atoms with Crippen LogP contribution in [0.3, 0.4) is 0 Å². The van der Waals surface area contributed by atoms with Crippen LogP contribution in [0.15, 0.2) is 59.5 Å². The largest absolute Gasteiger partial charge is 0.444 e. The van der Waals surface area contributed by atoms with E-state index in [-0.39, 0.29) is 5.91 Å². The predicted molar refractivity (Wildman–Crippen MR) is 113 cm³/mol. The molecule has 4 aromatic rings. The third-order valence-corrected chi connectivity index (χ3v) is 4.98. The molecule has 2 aromatic carbocycles. The Labute approximate surface area is 168 Å². The molecule has 0 fully saturated rings. The van der Waals surface area contributed by atoms with Gasteiger partial charge in [0.1, 0.15) is 0 Å². The summed E-state index contributed by atoms with van der Waals surface area (Å²) in [5.74, 6) is 0.384. The van der Waals surface area contributed by atoms with Crippen LogP contribution >= 0.6 is 0 Å². The summed E-state index contributed by atoms with van der Waals surface area (Å²) in [6, 6.07) is 13.6. The fourth-order valence-corrected chi connectivity index (χ4v) is 3.34. The number of oxazole rings is 1. The number of carbonyl (C=O) groups is 1. The van der Waals surface area contributed by atoms with E-state index in [1.807, 2.05) is 36.4 Å². The first-order chi connectivity index (χ1) is 14.2. The van der Waals surface area contributed by atoms with E-state index in [1.54, 1.807) is 6.20 Å². The highest BCUT2D eigenvalue weighted by atomic mass is 16.3. The minimum atomic E-state index is -0.258. The van der Waals surface area contributed by atoms with Gasteiger partial charge in [0.15, 0.2) is 17.8 Å². The Morgan fingerprint density at radius 2 is 2.03 bits per heavy atom. The Bertz CT molecular complexity index is 1110. The average molecular weight is 389 g/mol. The van der Waals surface area contributed by atoms with Gasteiger partial charge in [0.25, 0.3) is 5.91 Å². The highest BCUT2D eigenvalue weighted by Crippen LogP contribution is 2.25. The zero-order valence-electron chi connectivity index (χ0n) is 16.5. The molecular formula is C22H23N5O2. The minimum Gasteiger partial charge on any atom is -0.444 e. The number of fused-ring (bicyclic) bond motifs is 1. The summed E-state index contributed by atoms with van der Waals surface area (Å²) in [5.41, 5.74) is 3.88. The molecule has 7 heteroatoms. The molecule has 0 bridgehead atoms. The van der Waals surface area contributed by atoms with Crippen molar-refractivity contribution in [1.29, 1.82) is 0 Å². The molecule has 2 aromatic heterocycles. The molecule has 0 saturated heterocycles. The standard InChI is InChI=1S/C22H23N5O2/c1-3-27(4-2)13-15-6-5-7-17(10-15)24-22(28)21-18-11-16(20-12-23-14-29-20)8-9-19(18)25-26-21/h5-12,14H,3-4,13H2,1-2H3,(H,24,28)(H,25,26). The van der Waals surface area contributed by atoms with Crippen molar-refractivity contribution in [3.63, 3.8) is 0 Å². The number of nitrogens with one attached hydrogen (secondary N) is 2. The predicted octanol–water partition coefficient (Wildman–Crippen LogP) is 4.31. The summed E-state index contributed by atoms with van der Waals surface area (Å²) in [4.78, 5) is 19.2. The van der Waals surface area contributed by atoms with Crippen molar-refractivity contribution in [3.8, 4) is 11.3 Å². The lowest BCUT2D eigenvalue weighted by Crippen LogP contribution is -2.22. The number of anilines is 1. The van der Waals surface area contributed by atoms with Crippen molar-refractivity contribution in [2.45, 2.75) is 20.4 Å². The Balaban J connectivity index is 1.57. The molecule has 0 spiro atoms. The molecule has 29 heavy (non-hydrogen) atoms. The third-order valence-electron chi connectivity index (χ3n) is 4.98. The Hall–Kier alpha value is -3.45. The zero-order valence-corrected chi connectivity index (χ0v) is 16.5. The highest BCUT2D eigenvalue weighted by Gasteiger charge is 2.16. The summed E-state index contributed by atoms with van der Waals surface area (Å²) in [6.07, 6.45) is 3.02. The fourth-order valence-electron chi connectivity index (χ4n) is 3.34. The fraction of sp³-hybridized carbons (Fsp3) is 0.227. The number of hydrogen-bond donors (Lipinski definition) is 2. The zero-order chi connectivity index (χ0) is 20.2. The van der Waals surface area contributed by atoms with Crippen molar-refractivity contribution < 1.29 is 9.21 Å². The molecule has 7 nitrogen and oxygen atoms in total. The van der Waals surface area contributed by atoms with Crippen molar-refractivity contribution >= 4 is 22.5 Å². The number of aromatic nitrogens is 3. The molecule has 0 saturated carbocycles. The Morgan fingerprint density at radius 1 is 1.17 bits per heavy atom. The van der Waals surface area contributed by atoms with Gasteiger partial charge in [0.05, 0.1) is 11.7 Å². The monoisotopic (exact) mass is 389 g/mol. The van der Waals surface area contributed by atoms with Crippen LogP contribution < -0.4 is 5.32 Å². The summed E-state index contributed by atoms with van der Waals surface area (Å²) in [7, 11) is 0. The van der Waals surface area contributed by atoms with Gasteiger partial charge in [-0.1, -0.05) is 26.0 Å². The molecule has 0 radical (unpaired) electrons. The molecular weight excluding hydrogens is 366 g/mol. The lowest BCUT2D eigenvalue weighted by atomic mass is 10.1. The molecule has 4 rings (SSSR count). The number of rotatable bonds is 7. The molecule has 148 valence electrons. The smallest absolute Gasteiger partial charge is 0.276 e. The number of carbonyl (C=O) groups excluding carboxylic acids is 1. The topological polar surface area (TPSA) is 87.0 Å². The maximum Gasteiger partial charge on any atom is 0.276 e. The van der Waals surface area contributed by atoms with E-state index in [4.69, 9.17) is 4.42 Å². The normalized spacial score (nSPS) is 11.3. The number of H-pyrrole nitrogens is 1. The Kier molecular flexibility index (Phi) is 5.39. The summed E-state index contributed by atoms with van der Waals surface area (Å²) in [5, 5.41) is 10.8. The van der Waals surface area contributed by atoms with E-state index in [0.717, 1.165) is 47.4 Å². The lowest BCUT2D eigenvalue weighted by molar-refractivity contribution is 0.102. The van der Waals surface area contributed by atoms with Crippen molar-refractivity contribution in [1.82, 2.24) is 20.1 Å². The molecule has 1 amide bonds. The van der Waals surface area contributed by atoms with Gasteiger partial charge < -0.3 is 9.73 Å². The van der Waals surface area contributed by atoms with Crippen LogP contribution in [0.4, 0.5) is 5.69 Å². The van der Waals surface area contributed by atoms with Gasteiger partial charge in [-0.2, -0.15) is 5.10 Å². The first kappa shape index (κ1) is 18.9. The van der Waals surface area contributed by atoms with Crippen molar-refractivity contribution in [2.24, 2.45) is 0 Å². The van der Waals surface area contributed by atoms with Gasteiger partial charge in [0.2, 0.25) is 0 Å². The lowest BCUT2D eigenvalue weighted by Gasteiger charge is -2.18. The SMILES string of the molecule is CCN(CC)Cc1cccc(NC(=O)c2n[nH]c3ccc(-c4cnco4)cc23)c1. The first-order valence-electron chi connectivity index (χ1n) is 9.67. The summed E-state index contributed by atoms with van der Waals surface area (Å²) >= 11 is 0. The van der Waals surface area contributed by atoms with Crippen molar-refractivity contribution in [2.75, 3.05) is 18.4 Å². The third kappa shape index (κ3) is 4.05. The van der Waals surface area contributed by atoms with Gasteiger partial charge in [-0.3, -0.25) is 14.8 Å². The quantitative estimate of drug-likeness (QED) is 0.492. The van der Waals surface area contributed by atoms with Gasteiger partial charge in [-0.15, -0.1) is 0 Å². The van der Waals surface area contributed by atoms with Gasteiger partial charge in [0, 0.05) is 23.2 Å². The number of benzene rings is 2. The summed E-state index contributed by atoms with van der Waals surface area (Å²) < 4.78 is 5.36. The molecule has 0 aliphatic carbocycles. The van der Waals surface area contributed by atoms with Crippen LogP contribution in [0, 0.1) is 0 Å². The van der Waals surface area contributed by atoms with Gasteiger partial charge in [-0.25, -0.2) is 4.98 Å². The van der Waals surface area contributed by atoms with Crippen LogP contribution in [-0.4, -0.2) is 39.1 Å². The molecule has 2 N–H and O–H groups in total. The van der Waals surface area contributed by atoms with Gasteiger partial charge in [-0.05, 0) is 49.0 Å². The molecule has 2 heterocycles. The second-order valence-corrected chi connectivity index (χ2v) is 6.81. The van der Waals surface area contributed by atoms with E-state index in [1.165, 1.54) is 6.39 Å². The van der Waals surface area contributed by atoms with E-state index in [0.29, 0.717) is 11.5 Å². The van der Waals surface area contributed by atoms with Crippen LogP contribution in [0.2, 0.25) is 0 Å². The first-order valence-corrected chi connectivity index (χ1v) is 9.67. The van der Waals surface area contributed by atoms with E-state index >= 15 is 0 Å². The number of amides is 1. The summed E-state index contributed by atoms with van der Waals surface area (Å²) in [6.45, 7) is 7.11. The maximum absolute atomic E-state index is 12.9. The molecule has 0 aliphatic heterocycles. The molecule has 0 atom stereocenters. The maximum atomic E-state index is 12.9. The van der Waals surface area contributed by atoms with E-state index in [9.17, 15) is 4.79 Å². The molecule has 0 aliphatic rings. The second kappa shape index (κ2) is 8.28. The van der Waals surface area contributed by atoms with Crippen LogP contribution in [-0.2, 0) is 6.54 Å². The van der Waals surface area contributed by atoms with Gasteiger partial charge >= 0.3 is 0 Å². The highest BCUT2D eigenvalue weighted by molar-refractivity contribution is 6.11. The van der Waals surface area contributed by atoms with Crippen LogP contribution in [0.25, 0.3) is 22.2 Å². The number of nitrogens with zero attached hydrogens (tertiary/aromatic N) is 3. The Morgan fingerprint density at radius 3 is 2.79 bits per heavy atom. The van der Waals surface area contributed by atoms with E-state index in [2.05, 4.69) is 45.3 Å². The molecule has 0 unspecified atom stereocenters. The minimum absolute atomic E-state index is 0.258. The van der Waals surface area contributed by atoms with Crippen LogP contribution in [0.5, 0.6) is 0 Å².